The van der Waals surface area contributed by atoms with E-state index in [9.17, 15) is 18.0 Å². The van der Waals surface area contributed by atoms with Crippen LogP contribution in [-0.2, 0) is 37.3 Å². The molecule has 0 fully saturated rings. The average Bonchev–Trinajstić information content (AvgIpc) is 2.72. The van der Waals surface area contributed by atoms with Gasteiger partial charge in [0.05, 0.1) is 4.90 Å². The highest BCUT2D eigenvalue weighted by Crippen LogP contribution is 2.18. The van der Waals surface area contributed by atoms with Gasteiger partial charge in [0.1, 0.15) is 17.2 Å². The van der Waals surface area contributed by atoms with Crippen LogP contribution < -0.4 is 10.0 Å². The molecule has 1 atom stereocenters. The first-order valence-electron chi connectivity index (χ1n) is 11.4. The van der Waals surface area contributed by atoms with Gasteiger partial charge in [-0.1, -0.05) is 36.4 Å². The van der Waals surface area contributed by atoms with Crippen LogP contribution in [0.2, 0.25) is 0 Å². The summed E-state index contributed by atoms with van der Waals surface area (Å²) in [6.07, 6.45) is -0.572. The van der Waals surface area contributed by atoms with Crippen molar-refractivity contribution in [1.82, 2.24) is 10.0 Å². The first-order chi connectivity index (χ1) is 16.1. The van der Waals surface area contributed by atoms with E-state index in [-0.39, 0.29) is 17.9 Å². The molecule has 35 heavy (non-hydrogen) atoms. The Labute approximate surface area is 208 Å². The molecule has 0 aliphatic heterocycles. The van der Waals surface area contributed by atoms with Gasteiger partial charge in [-0.3, -0.25) is 0 Å². The van der Waals surface area contributed by atoms with E-state index in [4.69, 9.17) is 9.47 Å². The molecule has 2 aromatic rings. The van der Waals surface area contributed by atoms with Gasteiger partial charge in [-0.15, -0.1) is 0 Å². The number of hydrogen-bond acceptors (Lipinski definition) is 6. The van der Waals surface area contributed by atoms with Crippen molar-refractivity contribution in [2.24, 2.45) is 0 Å². The molecule has 0 bridgehead atoms. The van der Waals surface area contributed by atoms with E-state index in [0.717, 1.165) is 11.1 Å². The van der Waals surface area contributed by atoms with Gasteiger partial charge < -0.3 is 14.8 Å². The number of alkyl carbamates (subject to hydrolysis) is 1. The Kier molecular flexibility index (Phi) is 9.08. The Morgan fingerprint density at radius 3 is 2.09 bits per heavy atom. The van der Waals surface area contributed by atoms with Gasteiger partial charge in [-0.25, -0.2) is 22.7 Å². The third kappa shape index (κ3) is 9.70. The normalized spacial score (nSPS) is 13.1. The van der Waals surface area contributed by atoms with Crippen molar-refractivity contribution in [3.05, 3.63) is 65.2 Å². The molecule has 0 saturated carbocycles. The lowest BCUT2D eigenvalue weighted by Gasteiger charge is -2.26. The van der Waals surface area contributed by atoms with E-state index in [1.54, 1.807) is 59.7 Å². The van der Waals surface area contributed by atoms with Crippen LogP contribution in [0.15, 0.2) is 53.4 Å². The minimum Gasteiger partial charge on any atom is -0.458 e. The van der Waals surface area contributed by atoms with Crippen LogP contribution >= 0.6 is 0 Å². The molecule has 0 spiro atoms. The summed E-state index contributed by atoms with van der Waals surface area (Å²) in [5, 5.41) is 2.62. The van der Waals surface area contributed by atoms with Gasteiger partial charge >= 0.3 is 12.1 Å². The fourth-order valence-electron chi connectivity index (χ4n) is 3.15. The molecule has 8 nitrogen and oxygen atoms in total. The fraction of sp³-hybridized carbons (Fsp3) is 0.462. The van der Waals surface area contributed by atoms with E-state index in [1.807, 2.05) is 25.1 Å². The number of carbonyl (C=O) groups excluding carboxylic acids is 2. The SMILES string of the molecule is Cc1ccc(CNS(=O)(=O)c2ccccc2)cc1C[C@H](NC(=O)OC(C)(C)C)C(=O)OC(C)(C)C. The number of carbonyl (C=O) groups is 2. The predicted octanol–water partition coefficient (Wildman–Crippen LogP) is 4.25. The number of amides is 1. The maximum absolute atomic E-state index is 12.9. The fourth-order valence-corrected chi connectivity index (χ4v) is 4.19. The van der Waals surface area contributed by atoms with Crippen LogP contribution in [-0.4, -0.2) is 37.7 Å². The topological polar surface area (TPSA) is 111 Å². The second-order valence-corrected chi connectivity index (χ2v) is 12.1. The third-order valence-corrected chi connectivity index (χ3v) is 6.16. The second kappa shape index (κ2) is 11.2. The molecule has 0 heterocycles. The summed E-state index contributed by atoms with van der Waals surface area (Å²) >= 11 is 0. The van der Waals surface area contributed by atoms with Crippen molar-refractivity contribution in [3.8, 4) is 0 Å². The molecule has 0 aromatic heterocycles. The van der Waals surface area contributed by atoms with E-state index in [2.05, 4.69) is 10.0 Å². The average molecular weight is 505 g/mol. The van der Waals surface area contributed by atoms with E-state index < -0.39 is 39.3 Å². The summed E-state index contributed by atoms with van der Waals surface area (Å²) < 4.78 is 38.5. The highest BCUT2D eigenvalue weighted by molar-refractivity contribution is 7.89. The van der Waals surface area contributed by atoms with Gasteiger partial charge in [0.15, 0.2) is 0 Å². The summed E-state index contributed by atoms with van der Waals surface area (Å²) in [5.41, 5.74) is 0.907. The molecule has 0 aliphatic carbocycles. The molecule has 0 aliphatic rings. The number of esters is 1. The summed E-state index contributed by atoms with van der Waals surface area (Å²) in [4.78, 5) is 25.5. The second-order valence-electron chi connectivity index (χ2n) is 10.3. The maximum Gasteiger partial charge on any atom is 0.408 e. The summed E-state index contributed by atoms with van der Waals surface area (Å²) in [6.45, 7) is 12.4. The number of nitrogens with one attached hydrogen (secondary N) is 2. The minimum absolute atomic E-state index is 0.0705. The van der Waals surface area contributed by atoms with Crippen LogP contribution in [0.5, 0.6) is 0 Å². The van der Waals surface area contributed by atoms with Crippen molar-refractivity contribution < 1.29 is 27.5 Å². The number of hydrogen-bond donors (Lipinski definition) is 2. The third-order valence-electron chi connectivity index (χ3n) is 4.74. The molecule has 2 aromatic carbocycles. The van der Waals surface area contributed by atoms with E-state index in [1.165, 1.54) is 12.1 Å². The van der Waals surface area contributed by atoms with Crippen LogP contribution in [0.1, 0.15) is 58.2 Å². The first kappa shape index (κ1) is 28.3. The highest BCUT2D eigenvalue weighted by atomic mass is 32.2. The van der Waals surface area contributed by atoms with Crippen molar-refractivity contribution in [2.45, 2.75) is 83.6 Å². The Morgan fingerprint density at radius 2 is 1.51 bits per heavy atom. The Balaban J connectivity index is 2.22. The van der Waals surface area contributed by atoms with Crippen LogP contribution in [0.4, 0.5) is 4.79 Å². The van der Waals surface area contributed by atoms with E-state index >= 15 is 0 Å². The van der Waals surface area contributed by atoms with E-state index in [0.29, 0.717) is 5.56 Å². The lowest BCUT2D eigenvalue weighted by atomic mass is 9.98. The lowest BCUT2D eigenvalue weighted by Crippen LogP contribution is -2.47. The molecule has 0 radical (unpaired) electrons. The molecular weight excluding hydrogens is 468 g/mol. The lowest BCUT2D eigenvalue weighted by molar-refractivity contribution is -0.157. The van der Waals surface area contributed by atoms with Gasteiger partial charge in [0.2, 0.25) is 10.0 Å². The zero-order chi connectivity index (χ0) is 26.4. The Morgan fingerprint density at radius 1 is 0.914 bits per heavy atom. The van der Waals surface area contributed by atoms with Gasteiger partial charge in [0.25, 0.3) is 0 Å². The number of rotatable bonds is 8. The first-order valence-corrected chi connectivity index (χ1v) is 12.9. The quantitative estimate of drug-likeness (QED) is 0.520. The van der Waals surface area contributed by atoms with Gasteiger partial charge in [-0.05, 0) is 77.3 Å². The Hall–Kier alpha value is -2.91. The molecular formula is C26H36N2O6S. The zero-order valence-electron chi connectivity index (χ0n) is 21.5. The summed E-state index contributed by atoms with van der Waals surface area (Å²) in [5.74, 6) is -0.585. The maximum atomic E-state index is 12.9. The highest BCUT2D eigenvalue weighted by Gasteiger charge is 2.29. The molecule has 0 saturated heterocycles. The smallest absolute Gasteiger partial charge is 0.408 e. The van der Waals surface area contributed by atoms with Crippen LogP contribution in [0.3, 0.4) is 0 Å². The number of benzene rings is 2. The summed E-state index contributed by atoms with van der Waals surface area (Å²) in [7, 11) is -3.67. The number of aryl methyl sites for hydroxylation is 1. The number of ether oxygens (including phenoxy) is 2. The molecule has 2 N–H and O–H groups in total. The molecule has 9 heteroatoms. The number of sulfonamides is 1. The molecule has 192 valence electrons. The predicted molar refractivity (Wildman–Crippen MR) is 134 cm³/mol. The largest absolute Gasteiger partial charge is 0.458 e. The Bertz CT molecular complexity index is 1130. The van der Waals surface area contributed by atoms with Crippen molar-refractivity contribution >= 4 is 22.1 Å². The van der Waals surface area contributed by atoms with Crippen LogP contribution in [0.25, 0.3) is 0 Å². The molecule has 0 unspecified atom stereocenters. The zero-order valence-corrected chi connectivity index (χ0v) is 22.3. The van der Waals surface area contributed by atoms with Crippen molar-refractivity contribution in [3.63, 3.8) is 0 Å². The van der Waals surface area contributed by atoms with Crippen LogP contribution in [0, 0.1) is 6.92 Å². The van der Waals surface area contributed by atoms with Gasteiger partial charge in [-0.2, -0.15) is 0 Å². The standard InChI is InChI=1S/C26H36N2O6S/c1-18-13-14-19(17-27-35(31,32)21-11-9-8-10-12-21)15-20(18)16-22(23(29)33-25(2,3)4)28-24(30)34-26(5,6)7/h8-15,22,27H,16-17H2,1-7H3,(H,28,30)/t22-/m0/s1. The minimum atomic E-state index is -3.67. The van der Waals surface area contributed by atoms with Crippen molar-refractivity contribution in [1.29, 1.82) is 0 Å². The van der Waals surface area contributed by atoms with Crippen molar-refractivity contribution in [2.75, 3.05) is 0 Å². The summed E-state index contributed by atoms with van der Waals surface area (Å²) in [6, 6.07) is 12.6. The molecule has 2 rings (SSSR count). The molecule has 1 amide bonds. The van der Waals surface area contributed by atoms with Gasteiger partial charge in [0, 0.05) is 13.0 Å². The monoisotopic (exact) mass is 504 g/mol.